The molecule has 0 radical (unpaired) electrons. The van der Waals surface area contributed by atoms with Gasteiger partial charge in [0.2, 0.25) is 0 Å². The van der Waals surface area contributed by atoms with Crippen molar-refractivity contribution in [1.29, 1.82) is 0 Å². The Morgan fingerprint density at radius 3 is 2.73 bits per heavy atom. The van der Waals surface area contributed by atoms with Gasteiger partial charge in [0, 0.05) is 11.6 Å². The van der Waals surface area contributed by atoms with Crippen LogP contribution in [0.4, 0.5) is 0 Å². The van der Waals surface area contributed by atoms with Gasteiger partial charge in [0.25, 0.3) is 5.56 Å². The van der Waals surface area contributed by atoms with Gasteiger partial charge in [-0.25, -0.2) is 14.6 Å². The van der Waals surface area contributed by atoms with Crippen LogP contribution >= 0.6 is 22.9 Å². The number of thiazole rings is 1. The number of carboxylic acid groups (broad SMARTS) is 1. The van der Waals surface area contributed by atoms with Crippen LogP contribution in [0, 0.1) is 0 Å². The number of furan rings is 1. The summed E-state index contributed by atoms with van der Waals surface area (Å²) in [7, 11) is 1.54. The van der Waals surface area contributed by atoms with Crippen molar-refractivity contribution in [3.05, 3.63) is 107 Å². The smallest absolute Gasteiger partial charge is 0.338 e. The highest BCUT2D eigenvalue weighted by Crippen LogP contribution is 2.33. The molecule has 0 unspecified atom stereocenters. The number of rotatable bonds is 7. The highest BCUT2D eigenvalue weighted by molar-refractivity contribution is 7.07. The molecule has 0 spiro atoms. The third-order valence-electron chi connectivity index (χ3n) is 6.31. The van der Waals surface area contributed by atoms with E-state index in [-0.39, 0.29) is 23.3 Å². The van der Waals surface area contributed by atoms with Gasteiger partial charge in [-0.1, -0.05) is 35.1 Å². The Bertz CT molecular complexity index is 1870. The third kappa shape index (κ3) is 4.99. The van der Waals surface area contributed by atoms with E-state index in [9.17, 15) is 19.5 Å². The van der Waals surface area contributed by atoms with E-state index in [1.165, 1.54) is 22.8 Å². The summed E-state index contributed by atoms with van der Waals surface area (Å²) < 4.78 is 18.4. The van der Waals surface area contributed by atoms with Crippen molar-refractivity contribution >= 4 is 41.0 Å². The van der Waals surface area contributed by atoms with E-state index >= 15 is 0 Å². The molecule has 2 aromatic heterocycles. The fourth-order valence-electron chi connectivity index (χ4n) is 4.47. The minimum atomic E-state index is -1.09. The summed E-state index contributed by atoms with van der Waals surface area (Å²) in [5, 5.41) is 9.65. The number of benzene rings is 2. The Labute approximate surface area is 236 Å². The summed E-state index contributed by atoms with van der Waals surface area (Å²) in [6.45, 7) is 3.60. The topological polar surface area (TPSA) is 120 Å². The molecule has 11 heteroatoms. The van der Waals surface area contributed by atoms with Crippen LogP contribution < -0.4 is 19.6 Å². The zero-order valence-corrected chi connectivity index (χ0v) is 23.2. The molecule has 1 aliphatic heterocycles. The maximum atomic E-state index is 13.8. The van der Waals surface area contributed by atoms with Crippen molar-refractivity contribution in [3.63, 3.8) is 0 Å². The van der Waals surface area contributed by atoms with Crippen molar-refractivity contribution in [2.75, 3.05) is 13.7 Å². The predicted octanol–water partition coefficient (Wildman–Crippen LogP) is 4.42. The highest BCUT2D eigenvalue weighted by Gasteiger charge is 2.33. The monoisotopic (exact) mass is 578 g/mol. The Kier molecular flexibility index (Phi) is 7.46. The number of aromatic nitrogens is 1. The number of fused-ring (bicyclic) bond motifs is 1. The first kappa shape index (κ1) is 27.2. The van der Waals surface area contributed by atoms with Crippen molar-refractivity contribution < 1.29 is 28.6 Å². The van der Waals surface area contributed by atoms with Crippen LogP contribution in [0.15, 0.2) is 80.1 Å². The summed E-state index contributed by atoms with van der Waals surface area (Å²) in [5.74, 6) is -0.361. The summed E-state index contributed by atoms with van der Waals surface area (Å²) in [4.78, 5) is 43.2. The van der Waals surface area contributed by atoms with Crippen LogP contribution in [-0.4, -0.2) is 35.3 Å². The molecule has 1 atom stereocenters. The highest BCUT2D eigenvalue weighted by atomic mass is 35.5. The van der Waals surface area contributed by atoms with E-state index in [1.807, 2.05) is 6.07 Å². The van der Waals surface area contributed by atoms with Gasteiger partial charge in [-0.15, -0.1) is 0 Å². The molecule has 40 heavy (non-hydrogen) atoms. The molecular weight excluding hydrogens is 556 g/mol. The number of ether oxygens (including phenoxy) is 2. The van der Waals surface area contributed by atoms with E-state index in [0.717, 1.165) is 11.3 Å². The summed E-state index contributed by atoms with van der Waals surface area (Å²) in [6.07, 6.45) is 1.58. The van der Waals surface area contributed by atoms with Crippen molar-refractivity contribution in [2.24, 2.45) is 4.99 Å². The van der Waals surface area contributed by atoms with Gasteiger partial charge >= 0.3 is 11.9 Å². The van der Waals surface area contributed by atoms with Crippen molar-refractivity contribution in [3.8, 4) is 17.1 Å². The van der Waals surface area contributed by atoms with E-state index in [0.29, 0.717) is 48.5 Å². The normalized spacial score (nSPS) is 15.0. The lowest BCUT2D eigenvalue weighted by molar-refractivity contribution is -0.139. The van der Waals surface area contributed by atoms with Gasteiger partial charge in [0.05, 0.1) is 46.1 Å². The molecule has 0 fully saturated rings. The molecule has 4 aromatic rings. The lowest BCUT2D eigenvalue weighted by Gasteiger charge is -2.24. The minimum Gasteiger partial charge on any atom is -0.497 e. The molecule has 0 aliphatic carbocycles. The number of carboxylic acids is 1. The first-order chi connectivity index (χ1) is 19.2. The average molecular weight is 579 g/mol. The molecule has 3 heterocycles. The summed E-state index contributed by atoms with van der Waals surface area (Å²) >= 11 is 7.45. The van der Waals surface area contributed by atoms with E-state index in [4.69, 9.17) is 25.5 Å². The number of methoxy groups -OCH3 is 1. The zero-order chi connectivity index (χ0) is 28.6. The Balaban J connectivity index is 1.64. The lowest BCUT2D eigenvalue weighted by atomic mass is 9.95. The fraction of sp³-hybridized carbons (Fsp3) is 0.172. The Morgan fingerprint density at radius 1 is 1.20 bits per heavy atom. The SMILES string of the molecule is CCOC(=O)C1=C(C)N=c2sc(=Cc3ccc(-c4cc(C(=O)O)ccc4Cl)o3)c(=O)n2[C@@H]1c1cccc(OC)c1. The minimum absolute atomic E-state index is 0.0657. The predicted molar refractivity (Wildman–Crippen MR) is 150 cm³/mol. The number of hydrogen-bond donors (Lipinski definition) is 1. The van der Waals surface area contributed by atoms with Crippen molar-refractivity contribution in [1.82, 2.24) is 4.57 Å². The number of aromatic carboxylic acids is 1. The van der Waals surface area contributed by atoms with Crippen LogP contribution in [-0.2, 0) is 9.53 Å². The second-order valence-electron chi connectivity index (χ2n) is 8.78. The number of allylic oxidation sites excluding steroid dienone is 1. The summed E-state index contributed by atoms with van der Waals surface area (Å²) in [5.41, 5.74) is 1.49. The number of carbonyl (C=O) groups is 2. The second-order valence-corrected chi connectivity index (χ2v) is 10.2. The molecule has 5 rings (SSSR count). The second kappa shape index (κ2) is 11.0. The number of halogens is 1. The number of esters is 1. The number of nitrogens with zero attached hydrogens (tertiary/aromatic N) is 2. The Morgan fingerprint density at radius 2 is 2.00 bits per heavy atom. The van der Waals surface area contributed by atoms with Crippen LogP contribution in [0.25, 0.3) is 17.4 Å². The molecule has 1 aliphatic rings. The van der Waals surface area contributed by atoms with Gasteiger partial charge in [-0.2, -0.15) is 0 Å². The molecule has 0 saturated heterocycles. The van der Waals surface area contributed by atoms with Crippen LogP contribution in [0.3, 0.4) is 0 Å². The molecule has 0 saturated carbocycles. The van der Waals surface area contributed by atoms with Gasteiger partial charge < -0.3 is 19.0 Å². The lowest BCUT2D eigenvalue weighted by Crippen LogP contribution is -2.39. The van der Waals surface area contributed by atoms with E-state index in [2.05, 4.69) is 4.99 Å². The molecule has 204 valence electrons. The van der Waals surface area contributed by atoms with E-state index < -0.39 is 18.0 Å². The average Bonchev–Trinajstić information content (AvgIpc) is 3.52. The third-order valence-corrected chi connectivity index (χ3v) is 7.62. The summed E-state index contributed by atoms with van der Waals surface area (Å²) in [6, 6.07) is 14.0. The maximum Gasteiger partial charge on any atom is 0.338 e. The van der Waals surface area contributed by atoms with Gasteiger partial charge in [0.1, 0.15) is 17.3 Å². The largest absolute Gasteiger partial charge is 0.497 e. The molecule has 9 nitrogen and oxygen atoms in total. The van der Waals surface area contributed by atoms with Gasteiger partial charge in [-0.05, 0) is 61.9 Å². The van der Waals surface area contributed by atoms with Gasteiger partial charge in [0.15, 0.2) is 4.80 Å². The van der Waals surface area contributed by atoms with Crippen LogP contribution in [0.2, 0.25) is 5.02 Å². The molecule has 1 N–H and O–H groups in total. The quantitative estimate of drug-likeness (QED) is 0.322. The number of hydrogen-bond acceptors (Lipinski definition) is 8. The van der Waals surface area contributed by atoms with Gasteiger partial charge in [-0.3, -0.25) is 9.36 Å². The maximum absolute atomic E-state index is 13.8. The van der Waals surface area contributed by atoms with Crippen LogP contribution in [0.1, 0.15) is 41.6 Å². The first-order valence-electron chi connectivity index (χ1n) is 12.2. The molecule has 0 amide bonds. The molecular formula is C29H23ClN2O7S. The van der Waals surface area contributed by atoms with Crippen LogP contribution in [0.5, 0.6) is 5.75 Å². The molecule has 0 bridgehead atoms. The first-order valence-corrected chi connectivity index (χ1v) is 13.4. The fourth-order valence-corrected chi connectivity index (χ4v) is 5.71. The van der Waals surface area contributed by atoms with E-state index in [1.54, 1.807) is 57.4 Å². The van der Waals surface area contributed by atoms with Crippen molar-refractivity contribution in [2.45, 2.75) is 19.9 Å². The molecule has 2 aromatic carbocycles. The standard InChI is InChI=1S/C29H23ClN2O7S/c1-4-38-28(36)24-15(2)31-29-32(25(24)16-6-5-7-18(12-16)37-3)26(33)23(40-29)14-19-9-11-22(39-19)20-13-17(27(34)35)8-10-21(20)30/h5-14,25H,4H2,1-3H3,(H,34,35)/t25-/m1/s1. The Hall–Kier alpha value is -4.41. The zero-order valence-electron chi connectivity index (χ0n) is 21.6. The number of carbonyl (C=O) groups excluding carboxylic acids is 1.